The first kappa shape index (κ1) is 14.9. The van der Waals surface area contributed by atoms with E-state index in [0.29, 0.717) is 12.5 Å². The molecule has 2 N–H and O–H groups in total. The molecule has 0 spiro atoms. The van der Waals surface area contributed by atoms with Crippen molar-refractivity contribution in [2.75, 3.05) is 26.7 Å². The van der Waals surface area contributed by atoms with Gasteiger partial charge in [-0.2, -0.15) is 17.4 Å². The summed E-state index contributed by atoms with van der Waals surface area (Å²) in [5.41, 5.74) is 0. The number of rotatable bonds is 6. The normalized spacial score (nSPS) is 19.1. The second-order valence-electron chi connectivity index (χ2n) is 5.08. The Morgan fingerprint density at radius 2 is 1.94 bits per heavy atom. The zero-order valence-corrected chi connectivity index (χ0v) is 11.9. The van der Waals surface area contributed by atoms with Gasteiger partial charge in [0.25, 0.3) is 10.2 Å². The van der Waals surface area contributed by atoms with Crippen molar-refractivity contribution in [2.45, 2.75) is 39.2 Å². The van der Waals surface area contributed by atoms with Crippen LogP contribution in [0, 0.1) is 5.92 Å². The van der Waals surface area contributed by atoms with Crippen molar-refractivity contribution in [3.05, 3.63) is 0 Å². The summed E-state index contributed by atoms with van der Waals surface area (Å²) in [7, 11) is -1.65. The van der Waals surface area contributed by atoms with E-state index in [-0.39, 0.29) is 6.04 Å². The van der Waals surface area contributed by atoms with Gasteiger partial charge in [-0.3, -0.25) is 0 Å². The van der Waals surface area contributed by atoms with E-state index in [0.717, 1.165) is 32.4 Å². The molecule has 0 atom stereocenters. The third-order valence-electron chi connectivity index (χ3n) is 3.11. The lowest BCUT2D eigenvalue weighted by atomic mass is 9.95. The predicted octanol–water partition coefficient (Wildman–Crippen LogP) is 0.551. The Morgan fingerprint density at radius 1 is 1.35 bits per heavy atom. The molecule has 0 saturated carbocycles. The van der Waals surface area contributed by atoms with Gasteiger partial charge in [-0.15, -0.1) is 0 Å². The quantitative estimate of drug-likeness (QED) is 0.736. The molecule has 0 unspecified atom stereocenters. The molecule has 1 saturated heterocycles. The molecule has 0 amide bonds. The van der Waals surface area contributed by atoms with Crippen LogP contribution in [0.15, 0.2) is 0 Å². The van der Waals surface area contributed by atoms with Crippen molar-refractivity contribution < 1.29 is 8.42 Å². The smallest absolute Gasteiger partial charge is 0.279 e. The number of hydrogen-bond acceptors (Lipinski definition) is 3. The summed E-state index contributed by atoms with van der Waals surface area (Å²) < 4.78 is 27.7. The topological polar surface area (TPSA) is 61.4 Å². The number of nitrogens with zero attached hydrogens (tertiary/aromatic N) is 1. The molecule has 6 heteroatoms. The van der Waals surface area contributed by atoms with Crippen LogP contribution in [0.5, 0.6) is 0 Å². The third kappa shape index (κ3) is 5.33. The molecule has 0 aromatic heterocycles. The standard InChI is InChI=1S/C11H25N3O2S/c1-10(2)13-17(15,16)14(3)9-6-11-4-7-12-8-5-11/h10-13H,4-9H2,1-3H3. The Morgan fingerprint density at radius 3 is 2.47 bits per heavy atom. The fraction of sp³-hybridized carbons (Fsp3) is 1.00. The first-order valence-electron chi connectivity index (χ1n) is 6.36. The molecule has 17 heavy (non-hydrogen) atoms. The molecule has 0 radical (unpaired) electrons. The fourth-order valence-electron chi connectivity index (χ4n) is 2.04. The van der Waals surface area contributed by atoms with Gasteiger partial charge < -0.3 is 5.32 Å². The van der Waals surface area contributed by atoms with Crippen LogP contribution in [-0.2, 0) is 10.2 Å². The van der Waals surface area contributed by atoms with Crippen LogP contribution in [0.3, 0.4) is 0 Å². The van der Waals surface area contributed by atoms with Crippen LogP contribution in [-0.4, -0.2) is 45.4 Å². The monoisotopic (exact) mass is 263 g/mol. The minimum Gasteiger partial charge on any atom is -0.317 e. The van der Waals surface area contributed by atoms with Crippen molar-refractivity contribution in [3.8, 4) is 0 Å². The third-order valence-corrected chi connectivity index (χ3v) is 4.88. The van der Waals surface area contributed by atoms with Crippen LogP contribution < -0.4 is 10.0 Å². The van der Waals surface area contributed by atoms with E-state index < -0.39 is 10.2 Å². The number of hydrogen-bond donors (Lipinski definition) is 2. The second-order valence-corrected chi connectivity index (χ2v) is 6.89. The van der Waals surface area contributed by atoms with E-state index in [9.17, 15) is 8.42 Å². The summed E-state index contributed by atoms with van der Waals surface area (Å²) in [4.78, 5) is 0. The first-order valence-corrected chi connectivity index (χ1v) is 7.80. The van der Waals surface area contributed by atoms with Crippen molar-refractivity contribution in [1.82, 2.24) is 14.3 Å². The molecule has 0 aromatic carbocycles. The van der Waals surface area contributed by atoms with Crippen LogP contribution in [0.2, 0.25) is 0 Å². The van der Waals surface area contributed by atoms with Gasteiger partial charge in [0.2, 0.25) is 0 Å². The van der Waals surface area contributed by atoms with E-state index in [2.05, 4.69) is 10.0 Å². The lowest BCUT2D eigenvalue weighted by Crippen LogP contribution is -2.42. The zero-order chi connectivity index (χ0) is 12.9. The predicted molar refractivity (Wildman–Crippen MR) is 70.0 cm³/mol. The lowest BCUT2D eigenvalue weighted by Gasteiger charge is -2.25. The maximum absolute atomic E-state index is 11.8. The van der Waals surface area contributed by atoms with Gasteiger partial charge >= 0.3 is 0 Å². The van der Waals surface area contributed by atoms with E-state index in [4.69, 9.17) is 0 Å². The highest BCUT2D eigenvalue weighted by atomic mass is 32.2. The van der Waals surface area contributed by atoms with Crippen molar-refractivity contribution in [2.24, 2.45) is 5.92 Å². The molecule has 0 bridgehead atoms. The largest absolute Gasteiger partial charge is 0.317 e. The average Bonchev–Trinajstić information content (AvgIpc) is 2.25. The Bertz CT molecular complexity index is 311. The van der Waals surface area contributed by atoms with E-state index in [1.807, 2.05) is 13.8 Å². The van der Waals surface area contributed by atoms with E-state index >= 15 is 0 Å². The molecule has 1 heterocycles. The highest BCUT2D eigenvalue weighted by Gasteiger charge is 2.20. The molecule has 1 aliphatic rings. The Kier molecular flexibility index (Phi) is 5.85. The Hall–Kier alpha value is -0.170. The molecule has 1 fully saturated rings. The highest BCUT2D eigenvalue weighted by Crippen LogP contribution is 2.16. The molecule has 1 rings (SSSR count). The van der Waals surface area contributed by atoms with E-state index in [1.54, 1.807) is 7.05 Å². The van der Waals surface area contributed by atoms with Gasteiger partial charge in [-0.25, -0.2) is 0 Å². The zero-order valence-electron chi connectivity index (χ0n) is 11.1. The second kappa shape index (κ2) is 6.68. The fourth-order valence-corrected chi connectivity index (χ4v) is 3.16. The minimum atomic E-state index is -3.29. The average molecular weight is 263 g/mol. The van der Waals surface area contributed by atoms with Gasteiger partial charge in [0.05, 0.1) is 0 Å². The molecule has 0 aromatic rings. The maximum Gasteiger partial charge on any atom is 0.279 e. The lowest BCUT2D eigenvalue weighted by molar-refractivity contribution is 0.324. The van der Waals surface area contributed by atoms with Gasteiger partial charge in [-0.1, -0.05) is 0 Å². The molecule has 102 valence electrons. The van der Waals surface area contributed by atoms with Crippen molar-refractivity contribution >= 4 is 10.2 Å². The van der Waals surface area contributed by atoms with Crippen LogP contribution >= 0.6 is 0 Å². The van der Waals surface area contributed by atoms with Gasteiger partial charge in [0.1, 0.15) is 0 Å². The van der Waals surface area contributed by atoms with Crippen LogP contribution in [0.25, 0.3) is 0 Å². The summed E-state index contributed by atoms with van der Waals surface area (Å²) in [5.74, 6) is 0.660. The Labute approximate surface area is 105 Å². The summed E-state index contributed by atoms with van der Waals surface area (Å²) in [6, 6.07) is -0.0543. The number of nitrogens with one attached hydrogen (secondary N) is 2. The molecular weight excluding hydrogens is 238 g/mol. The van der Waals surface area contributed by atoms with Crippen LogP contribution in [0.4, 0.5) is 0 Å². The summed E-state index contributed by atoms with van der Waals surface area (Å²) >= 11 is 0. The molecule has 5 nitrogen and oxygen atoms in total. The Balaban J connectivity index is 2.35. The van der Waals surface area contributed by atoms with Gasteiger partial charge in [0.15, 0.2) is 0 Å². The van der Waals surface area contributed by atoms with Gasteiger partial charge in [-0.05, 0) is 52.1 Å². The summed E-state index contributed by atoms with van der Waals surface area (Å²) in [5, 5.41) is 3.31. The van der Waals surface area contributed by atoms with Crippen LogP contribution in [0.1, 0.15) is 33.1 Å². The molecule has 1 aliphatic heterocycles. The SMILES string of the molecule is CC(C)NS(=O)(=O)N(C)CCC1CCNCC1. The van der Waals surface area contributed by atoms with Crippen molar-refractivity contribution in [3.63, 3.8) is 0 Å². The summed E-state index contributed by atoms with van der Waals surface area (Å²) in [6.07, 6.45) is 3.27. The molecular formula is C11H25N3O2S. The minimum absolute atomic E-state index is 0.0543. The van der Waals surface area contributed by atoms with Gasteiger partial charge in [0, 0.05) is 19.6 Å². The molecule has 0 aliphatic carbocycles. The number of piperidine rings is 1. The van der Waals surface area contributed by atoms with E-state index in [1.165, 1.54) is 4.31 Å². The first-order chi connectivity index (χ1) is 7.92. The summed E-state index contributed by atoms with van der Waals surface area (Å²) in [6.45, 7) is 6.39. The maximum atomic E-state index is 11.8. The highest BCUT2D eigenvalue weighted by molar-refractivity contribution is 7.87. The van der Waals surface area contributed by atoms with Crippen molar-refractivity contribution in [1.29, 1.82) is 0 Å².